The van der Waals surface area contributed by atoms with Gasteiger partial charge in [-0.05, 0) is 6.42 Å². The SMILES string of the molecule is CCCC/C=C\COC. The molecule has 1 heteroatoms. The lowest BCUT2D eigenvalue weighted by molar-refractivity contribution is 0.233. The molecule has 54 valence electrons. The van der Waals surface area contributed by atoms with E-state index in [1.165, 1.54) is 19.3 Å². The Kier molecular flexibility index (Phi) is 7.44. The smallest absolute Gasteiger partial charge is 0.0643 e. The predicted octanol–water partition coefficient (Wildman–Crippen LogP) is 2.38. The molecule has 0 aliphatic heterocycles. The largest absolute Gasteiger partial charge is 0.381 e. The van der Waals surface area contributed by atoms with Gasteiger partial charge in [-0.2, -0.15) is 0 Å². The molecule has 1 nitrogen and oxygen atoms in total. The van der Waals surface area contributed by atoms with Crippen LogP contribution in [-0.4, -0.2) is 13.7 Å². The molecule has 0 unspecified atom stereocenters. The number of allylic oxidation sites excluding steroid dienone is 1. The second-order valence-electron chi connectivity index (χ2n) is 2.07. The van der Waals surface area contributed by atoms with E-state index in [1.807, 2.05) is 0 Å². The molecule has 0 spiro atoms. The van der Waals surface area contributed by atoms with Gasteiger partial charge in [-0.15, -0.1) is 0 Å². The van der Waals surface area contributed by atoms with Crippen LogP contribution in [0.25, 0.3) is 0 Å². The quantitative estimate of drug-likeness (QED) is 0.408. The summed E-state index contributed by atoms with van der Waals surface area (Å²) in [6.45, 7) is 2.95. The summed E-state index contributed by atoms with van der Waals surface area (Å²) in [6.07, 6.45) is 8.00. The minimum atomic E-state index is 0.754. The van der Waals surface area contributed by atoms with Crippen molar-refractivity contribution in [3.05, 3.63) is 12.2 Å². The van der Waals surface area contributed by atoms with E-state index >= 15 is 0 Å². The number of hydrogen-bond donors (Lipinski definition) is 0. The average molecular weight is 128 g/mol. The fraction of sp³-hybridized carbons (Fsp3) is 0.750. The van der Waals surface area contributed by atoms with E-state index in [1.54, 1.807) is 7.11 Å². The van der Waals surface area contributed by atoms with Crippen molar-refractivity contribution < 1.29 is 4.74 Å². The van der Waals surface area contributed by atoms with Crippen LogP contribution in [-0.2, 0) is 4.74 Å². The zero-order chi connectivity index (χ0) is 6.95. The molecule has 0 heterocycles. The lowest BCUT2D eigenvalue weighted by Crippen LogP contribution is -1.79. The number of ether oxygens (including phenoxy) is 1. The molecule has 0 N–H and O–H groups in total. The van der Waals surface area contributed by atoms with E-state index in [4.69, 9.17) is 4.74 Å². The summed E-state index contributed by atoms with van der Waals surface area (Å²) in [5.74, 6) is 0. The van der Waals surface area contributed by atoms with E-state index in [0.29, 0.717) is 0 Å². The van der Waals surface area contributed by atoms with Gasteiger partial charge in [-0.1, -0.05) is 31.9 Å². The van der Waals surface area contributed by atoms with E-state index < -0.39 is 0 Å². The van der Waals surface area contributed by atoms with Gasteiger partial charge in [0.25, 0.3) is 0 Å². The Morgan fingerprint density at radius 2 is 2.11 bits per heavy atom. The van der Waals surface area contributed by atoms with Gasteiger partial charge in [0.1, 0.15) is 0 Å². The minimum Gasteiger partial charge on any atom is -0.381 e. The highest BCUT2D eigenvalue weighted by Crippen LogP contribution is 1.93. The maximum Gasteiger partial charge on any atom is 0.0643 e. The normalized spacial score (nSPS) is 10.9. The van der Waals surface area contributed by atoms with Crippen LogP contribution in [0.15, 0.2) is 12.2 Å². The molecule has 0 saturated heterocycles. The summed E-state index contributed by atoms with van der Waals surface area (Å²) in [7, 11) is 1.71. The molecule has 0 aromatic rings. The Morgan fingerprint density at radius 1 is 1.33 bits per heavy atom. The number of unbranched alkanes of at least 4 members (excludes halogenated alkanes) is 2. The van der Waals surface area contributed by atoms with Crippen LogP contribution in [0.4, 0.5) is 0 Å². The van der Waals surface area contributed by atoms with Crippen LogP contribution in [0, 0.1) is 0 Å². The predicted molar refractivity (Wildman–Crippen MR) is 40.5 cm³/mol. The van der Waals surface area contributed by atoms with Gasteiger partial charge < -0.3 is 4.74 Å². The van der Waals surface area contributed by atoms with Crippen LogP contribution in [0.1, 0.15) is 26.2 Å². The third kappa shape index (κ3) is 7.70. The molecule has 0 bridgehead atoms. The highest BCUT2D eigenvalue weighted by atomic mass is 16.5. The third-order valence-corrected chi connectivity index (χ3v) is 1.15. The van der Waals surface area contributed by atoms with Crippen LogP contribution in [0.5, 0.6) is 0 Å². The first-order valence-electron chi connectivity index (χ1n) is 3.55. The van der Waals surface area contributed by atoms with Gasteiger partial charge in [-0.3, -0.25) is 0 Å². The zero-order valence-corrected chi connectivity index (χ0v) is 6.39. The monoisotopic (exact) mass is 128 g/mol. The molecule has 9 heavy (non-hydrogen) atoms. The molecular formula is C8H16O. The van der Waals surface area contributed by atoms with E-state index in [-0.39, 0.29) is 0 Å². The second-order valence-corrected chi connectivity index (χ2v) is 2.07. The third-order valence-electron chi connectivity index (χ3n) is 1.15. The van der Waals surface area contributed by atoms with E-state index in [0.717, 1.165) is 6.61 Å². The fourth-order valence-corrected chi connectivity index (χ4v) is 0.604. The topological polar surface area (TPSA) is 9.23 Å². The minimum absolute atomic E-state index is 0.754. The molecule has 0 atom stereocenters. The summed E-state index contributed by atoms with van der Waals surface area (Å²) in [5.41, 5.74) is 0. The molecule has 0 fully saturated rings. The van der Waals surface area contributed by atoms with Crippen molar-refractivity contribution in [2.24, 2.45) is 0 Å². The molecule has 0 aliphatic rings. The van der Waals surface area contributed by atoms with Crippen molar-refractivity contribution in [3.63, 3.8) is 0 Å². The lowest BCUT2D eigenvalue weighted by atomic mass is 10.2. The molecule has 0 aromatic heterocycles. The number of rotatable bonds is 5. The molecular weight excluding hydrogens is 112 g/mol. The Labute approximate surface area is 57.7 Å². The van der Waals surface area contributed by atoms with Crippen molar-refractivity contribution in [1.82, 2.24) is 0 Å². The lowest BCUT2D eigenvalue weighted by Gasteiger charge is -1.88. The highest BCUT2D eigenvalue weighted by molar-refractivity contribution is 4.80. The number of hydrogen-bond acceptors (Lipinski definition) is 1. The van der Waals surface area contributed by atoms with Crippen molar-refractivity contribution in [3.8, 4) is 0 Å². The van der Waals surface area contributed by atoms with Crippen LogP contribution in [0.2, 0.25) is 0 Å². The van der Waals surface area contributed by atoms with E-state index in [9.17, 15) is 0 Å². The first-order chi connectivity index (χ1) is 4.41. The summed E-state index contributed by atoms with van der Waals surface area (Å²) < 4.78 is 4.84. The Balaban J connectivity index is 2.86. The molecule has 0 aliphatic carbocycles. The highest BCUT2D eigenvalue weighted by Gasteiger charge is 1.76. The van der Waals surface area contributed by atoms with Crippen molar-refractivity contribution in [2.75, 3.05) is 13.7 Å². The summed E-state index contributed by atoms with van der Waals surface area (Å²) in [5, 5.41) is 0. The van der Waals surface area contributed by atoms with Gasteiger partial charge in [0.15, 0.2) is 0 Å². The van der Waals surface area contributed by atoms with E-state index in [2.05, 4.69) is 19.1 Å². The summed E-state index contributed by atoms with van der Waals surface area (Å²) in [4.78, 5) is 0. The molecule has 0 aromatic carbocycles. The standard InChI is InChI=1S/C8H16O/c1-3-4-5-6-7-8-9-2/h6-7H,3-5,8H2,1-2H3/b7-6-. The summed E-state index contributed by atoms with van der Waals surface area (Å²) >= 11 is 0. The Hall–Kier alpha value is -0.300. The van der Waals surface area contributed by atoms with Gasteiger partial charge in [0, 0.05) is 7.11 Å². The van der Waals surface area contributed by atoms with Crippen molar-refractivity contribution in [1.29, 1.82) is 0 Å². The van der Waals surface area contributed by atoms with Crippen LogP contribution in [0.3, 0.4) is 0 Å². The average Bonchev–Trinajstić information content (AvgIpc) is 1.89. The first-order valence-corrected chi connectivity index (χ1v) is 3.55. The molecule has 0 radical (unpaired) electrons. The Morgan fingerprint density at radius 3 is 2.67 bits per heavy atom. The zero-order valence-electron chi connectivity index (χ0n) is 6.39. The first kappa shape index (κ1) is 8.70. The van der Waals surface area contributed by atoms with Gasteiger partial charge in [0.05, 0.1) is 6.61 Å². The van der Waals surface area contributed by atoms with Crippen LogP contribution >= 0.6 is 0 Å². The van der Waals surface area contributed by atoms with Gasteiger partial charge in [-0.25, -0.2) is 0 Å². The molecule has 0 amide bonds. The van der Waals surface area contributed by atoms with Gasteiger partial charge in [0.2, 0.25) is 0 Å². The maximum atomic E-state index is 4.84. The maximum absolute atomic E-state index is 4.84. The van der Waals surface area contributed by atoms with Crippen LogP contribution < -0.4 is 0 Å². The number of methoxy groups -OCH3 is 1. The molecule has 0 rings (SSSR count). The molecule has 0 saturated carbocycles. The second kappa shape index (κ2) is 7.70. The van der Waals surface area contributed by atoms with Crippen molar-refractivity contribution >= 4 is 0 Å². The van der Waals surface area contributed by atoms with Crippen molar-refractivity contribution in [2.45, 2.75) is 26.2 Å². The summed E-state index contributed by atoms with van der Waals surface area (Å²) in [6, 6.07) is 0. The fourth-order valence-electron chi connectivity index (χ4n) is 0.604. The Bertz CT molecular complexity index is 67.0. The van der Waals surface area contributed by atoms with Gasteiger partial charge >= 0.3 is 0 Å².